The maximum absolute atomic E-state index is 6.03. The lowest BCUT2D eigenvalue weighted by Gasteiger charge is -2.33. The Balaban J connectivity index is 1.69. The highest BCUT2D eigenvalue weighted by molar-refractivity contribution is 5.13. The van der Waals surface area contributed by atoms with Crippen LogP contribution >= 0.6 is 0 Å². The van der Waals surface area contributed by atoms with Crippen molar-refractivity contribution in [2.24, 2.45) is 0 Å². The molecule has 1 aliphatic rings. The summed E-state index contributed by atoms with van der Waals surface area (Å²) in [6.07, 6.45) is 5.30. The number of hydrogen-bond donors (Lipinski definition) is 0. The van der Waals surface area contributed by atoms with Gasteiger partial charge in [0.05, 0.1) is 24.4 Å². The monoisotopic (exact) mass is 262 g/mol. The Morgan fingerprint density at radius 3 is 2.11 bits per heavy atom. The minimum atomic E-state index is -0.0254. The fraction of sp³-hybridized carbons (Fsp3) is 0.647. The summed E-state index contributed by atoms with van der Waals surface area (Å²) in [6, 6.07) is 10.4. The summed E-state index contributed by atoms with van der Waals surface area (Å²) in [6.45, 7) is 7.12. The van der Waals surface area contributed by atoms with Crippen molar-refractivity contribution < 1.29 is 9.47 Å². The first-order chi connectivity index (χ1) is 9.03. The minimum absolute atomic E-state index is 0.0254. The van der Waals surface area contributed by atoms with Crippen LogP contribution < -0.4 is 0 Å². The van der Waals surface area contributed by atoms with Gasteiger partial charge in [0.15, 0.2) is 0 Å². The van der Waals surface area contributed by atoms with Gasteiger partial charge in [-0.3, -0.25) is 0 Å². The summed E-state index contributed by atoms with van der Waals surface area (Å²) < 4.78 is 12.0. The molecular formula is C17H26O2. The largest absolute Gasteiger partial charge is 0.374 e. The molecule has 0 bridgehead atoms. The molecule has 0 aliphatic heterocycles. The van der Waals surface area contributed by atoms with E-state index in [1.807, 2.05) is 6.07 Å². The van der Waals surface area contributed by atoms with Crippen LogP contribution in [0.5, 0.6) is 0 Å². The van der Waals surface area contributed by atoms with Crippen molar-refractivity contribution in [2.45, 2.75) is 70.9 Å². The maximum Gasteiger partial charge on any atom is 0.0720 e. The fourth-order valence-electron chi connectivity index (χ4n) is 2.61. The zero-order valence-electron chi connectivity index (χ0n) is 12.4. The first kappa shape index (κ1) is 14.5. The SMILES string of the molecule is CC(C)(C)OC1CCC(OCc2ccccc2)CC1. The molecule has 0 atom stereocenters. The van der Waals surface area contributed by atoms with Crippen molar-refractivity contribution in [3.05, 3.63) is 35.9 Å². The van der Waals surface area contributed by atoms with Crippen LogP contribution in [0.15, 0.2) is 30.3 Å². The van der Waals surface area contributed by atoms with Crippen molar-refractivity contribution in [3.8, 4) is 0 Å². The third-order valence-electron chi connectivity index (χ3n) is 3.47. The van der Waals surface area contributed by atoms with E-state index in [1.165, 1.54) is 5.56 Å². The summed E-state index contributed by atoms with van der Waals surface area (Å²) in [5.74, 6) is 0. The van der Waals surface area contributed by atoms with Crippen molar-refractivity contribution >= 4 is 0 Å². The Hall–Kier alpha value is -0.860. The van der Waals surface area contributed by atoms with E-state index < -0.39 is 0 Å². The number of hydrogen-bond acceptors (Lipinski definition) is 2. The molecule has 2 heteroatoms. The van der Waals surface area contributed by atoms with Crippen LogP contribution in [0.3, 0.4) is 0 Å². The van der Waals surface area contributed by atoms with Gasteiger partial charge in [0.1, 0.15) is 0 Å². The van der Waals surface area contributed by atoms with Crippen molar-refractivity contribution in [3.63, 3.8) is 0 Å². The maximum atomic E-state index is 6.03. The van der Waals surface area contributed by atoms with Gasteiger partial charge < -0.3 is 9.47 Å². The number of rotatable bonds is 4. The van der Waals surface area contributed by atoms with Gasteiger partial charge in [-0.25, -0.2) is 0 Å². The molecule has 1 aliphatic carbocycles. The summed E-state index contributed by atoms with van der Waals surface area (Å²) in [4.78, 5) is 0. The average Bonchev–Trinajstić information content (AvgIpc) is 2.37. The lowest BCUT2D eigenvalue weighted by atomic mass is 9.94. The van der Waals surface area contributed by atoms with Crippen LogP contribution in [-0.2, 0) is 16.1 Å². The summed E-state index contributed by atoms with van der Waals surface area (Å²) in [7, 11) is 0. The average molecular weight is 262 g/mol. The molecule has 1 aromatic rings. The molecule has 0 N–H and O–H groups in total. The first-order valence-corrected chi connectivity index (χ1v) is 7.36. The van der Waals surface area contributed by atoms with Crippen molar-refractivity contribution in [1.29, 1.82) is 0 Å². The molecule has 1 aromatic carbocycles. The molecule has 2 nitrogen and oxygen atoms in total. The molecule has 2 rings (SSSR count). The zero-order chi connectivity index (χ0) is 13.7. The third-order valence-corrected chi connectivity index (χ3v) is 3.47. The van der Waals surface area contributed by atoms with E-state index in [9.17, 15) is 0 Å². The van der Waals surface area contributed by atoms with Crippen LogP contribution in [0.1, 0.15) is 52.0 Å². The molecule has 19 heavy (non-hydrogen) atoms. The Morgan fingerprint density at radius 1 is 0.947 bits per heavy atom. The molecule has 0 amide bonds. The first-order valence-electron chi connectivity index (χ1n) is 7.36. The van der Waals surface area contributed by atoms with Crippen molar-refractivity contribution in [2.75, 3.05) is 0 Å². The fourth-order valence-corrected chi connectivity index (χ4v) is 2.61. The summed E-state index contributed by atoms with van der Waals surface area (Å²) >= 11 is 0. The van der Waals surface area contributed by atoms with Crippen LogP contribution in [0.4, 0.5) is 0 Å². The minimum Gasteiger partial charge on any atom is -0.374 e. The predicted molar refractivity (Wildman–Crippen MR) is 78.1 cm³/mol. The van der Waals surface area contributed by atoms with Crippen LogP contribution in [0, 0.1) is 0 Å². The highest BCUT2D eigenvalue weighted by Gasteiger charge is 2.25. The van der Waals surface area contributed by atoms with Gasteiger partial charge >= 0.3 is 0 Å². The van der Waals surface area contributed by atoms with Gasteiger partial charge in [-0.1, -0.05) is 30.3 Å². The second kappa shape index (κ2) is 6.53. The molecule has 0 radical (unpaired) electrons. The molecule has 0 spiro atoms. The lowest BCUT2D eigenvalue weighted by Crippen LogP contribution is -2.32. The molecule has 0 aromatic heterocycles. The normalized spacial score (nSPS) is 24.4. The molecule has 1 saturated carbocycles. The summed E-state index contributed by atoms with van der Waals surface area (Å²) in [5, 5.41) is 0. The zero-order valence-corrected chi connectivity index (χ0v) is 12.4. The number of benzene rings is 1. The molecule has 0 unspecified atom stereocenters. The second-order valence-electron chi connectivity index (χ2n) is 6.43. The summed E-state index contributed by atoms with van der Waals surface area (Å²) in [5.41, 5.74) is 1.23. The molecule has 1 fully saturated rings. The molecule has 0 saturated heterocycles. The Labute approximate surface area is 117 Å². The van der Waals surface area contributed by atoms with Crippen molar-refractivity contribution in [1.82, 2.24) is 0 Å². The van der Waals surface area contributed by atoms with Gasteiger partial charge in [0.25, 0.3) is 0 Å². The van der Waals surface area contributed by atoms with Gasteiger partial charge in [0.2, 0.25) is 0 Å². The van der Waals surface area contributed by atoms with E-state index in [4.69, 9.17) is 9.47 Å². The van der Waals surface area contributed by atoms with E-state index in [1.54, 1.807) is 0 Å². The van der Waals surface area contributed by atoms with E-state index in [-0.39, 0.29) is 5.60 Å². The standard InChI is InChI=1S/C17H26O2/c1-17(2,3)19-16-11-9-15(10-12-16)18-13-14-7-5-4-6-8-14/h4-8,15-16H,9-13H2,1-3H3. The van der Waals surface area contributed by atoms with E-state index >= 15 is 0 Å². The smallest absolute Gasteiger partial charge is 0.0720 e. The third kappa shape index (κ3) is 5.33. The van der Waals surface area contributed by atoms with E-state index in [0.717, 1.165) is 32.3 Å². The Kier molecular flexibility index (Phi) is 5.00. The van der Waals surface area contributed by atoms with Crippen LogP contribution in [0.25, 0.3) is 0 Å². The predicted octanol–water partition coefficient (Wildman–Crippen LogP) is 4.33. The van der Waals surface area contributed by atoms with Gasteiger partial charge in [-0.05, 0) is 52.0 Å². The van der Waals surface area contributed by atoms with Crippen LogP contribution in [-0.4, -0.2) is 17.8 Å². The van der Waals surface area contributed by atoms with Crippen LogP contribution in [0.2, 0.25) is 0 Å². The van der Waals surface area contributed by atoms with Gasteiger partial charge in [-0.15, -0.1) is 0 Å². The Morgan fingerprint density at radius 2 is 1.53 bits per heavy atom. The lowest BCUT2D eigenvalue weighted by molar-refractivity contribution is -0.0950. The second-order valence-corrected chi connectivity index (χ2v) is 6.43. The molecule has 106 valence electrons. The topological polar surface area (TPSA) is 18.5 Å². The highest BCUT2D eigenvalue weighted by Crippen LogP contribution is 2.27. The Bertz CT molecular complexity index is 359. The quantitative estimate of drug-likeness (QED) is 0.804. The van der Waals surface area contributed by atoms with Gasteiger partial charge in [0, 0.05) is 0 Å². The molecule has 0 heterocycles. The highest BCUT2D eigenvalue weighted by atomic mass is 16.5. The van der Waals surface area contributed by atoms with E-state index in [2.05, 4.69) is 45.0 Å². The van der Waals surface area contributed by atoms with Gasteiger partial charge in [-0.2, -0.15) is 0 Å². The van der Waals surface area contributed by atoms with E-state index in [0.29, 0.717) is 12.2 Å². The number of ether oxygens (including phenoxy) is 2. The molecular weight excluding hydrogens is 236 g/mol.